The number of hydrogen-bond acceptors (Lipinski definition) is 7. The number of pyridine rings is 1. The quantitative estimate of drug-likeness (QED) is 0.426. The zero-order valence-electron chi connectivity index (χ0n) is 21.4. The Morgan fingerprint density at radius 3 is 2.82 bits per heavy atom. The Labute approximate surface area is 220 Å². The second kappa shape index (κ2) is 9.34. The highest BCUT2D eigenvalue weighted by Crippen LogP contribution is 2.40. The minimum atomic E-state index is -0.248. The summed E-state index contributed by atoms with van der Waals surface area (Å²) in [6.45, 7) is 6.42. The number of halogens is 1. The molecule has 0 bridgehead atoms. The van der Waals surface area contributed by atoms with Crippen LogP contribution in [0.25, 0.3) is 33.3 Å². The molecule has 7 rings (SSSR count). The van der Waals surface area contributed by atoms with Crippen LogP contribution in [0.1, 0.15) is 18.0 Å². The predicted octanol–water partition coefficient (Wildman–Crippen LogP) is 3.93. The molecule has 9 heteroatoms. The van der Waals surface area contributed by atoms with E-state index in [4.69, 9.17) is 25.3 Å². The van der Waals surface area contributed by atoms with Crippen LogP contribution in [0.2, 0.25) is 0 Å². The molecule has 0 saturated carbocycles. The van der Waals surface area contributed by atoms with Crippen LogP contribution in [-0.2, 0) is 9.47 Å². The van der Waals surface area contributed by atoms with Gasteiger partial charge in [-0.1, -0.05) is 12.1 Å². The van der Waals surface area contributed by atoms with Crippen molar-refractivity contribution in [3.8, 4) is 22.4 Å². The Morgan fingerprint density at radius 1 is 1.11 bits per heavy atom. The lowest BCUT2D eigenvalue weighted by atomic mass is 9.95. The van der Waals surface area contributed by atoms with E-state index >= 15 is 0 Å². The van der Waals surface area contributed by atoms with E-state index in [2.05, 4.69) is 16.3 Å². The van der Waals surface area contributed by atoms with E-state index in [1.54, 1.807) is 12.1 Å². The van der Waals surface area contributed by atoms with Gasteiger partial charge in [0.05, 0.1) is 48.9 Å². The molecule has 0 aliphatic carbocycles. The van der Waals surface area contributed by atoms with Crippen molar-refractivity contribution in [3.63, 3.8) is 0 Å². The smallest absolute Gasteiger partial charge is 0.124 e. The summed E-state index contributed by atoms with van der Waals surface area (Å²) < 4.78 is 27.8. The van der Waals surface area contributed by atoms with Gasteiger partial charge in [0.15, 0.2) is 0 Å². The molecule has 3 N–H and O–H groups in total. The lowest BCUT2D eigenvalue weighted by Gasteiger charge is -2.43. The van der Waals surface area contributed by atoms with Crippen LogP contribution in [-0.4, -0.2) is 66.4 Å². The fourth-order valence-electron chi connectivity index (χ4n) is 5.97. The Hall–Kier alpha value is -3.53. The fourth-order valence-corrected chi connectivity index (χ4v) is 5.97. The highest BCUT2D eigenvalue weighted by Gasteiger charge is 2.34. The number of nitrogen functional groups attached to an aromatic ring is 1. The molecule has 0 spiro atoms. The first-order valence-electron chi connectivity index (χ1n) is 13.3. The normalized spacial score (nSPS) is 21.9. The van der Waals surface area contributed by atoms with Crippen molar-refractivity contribution in [1.82, 2.24) is 20.1 Å². The average molecular weight is 515 g/mol. The summed E-state index contributed by atoms with van der Waals surface area (Å²) in [4.78, 5) is 7.21. The van der Waals surface area contributed by atoms with E-state index in [0.29, 0.717) is 19.0 Å². The zero-order valence-corrected chi connectivity index (χ0v) is 21.4. The number of ether oxygens (including phenoxy) is 2. The monoisotopic (exact) mass is 514 g/mol. The maximum atomic E-state index is 14.6. The number of aromatic nitrogens is 3. The molecule has 5 heterocycles. The van der Waals surface area contributed by atoms with E-state index in [0.717, 1.165) is 77.2 Å². The third-order valence-electron chi connectivity index (χ3n) is 7.93. The zero-order chi connectivity index (χ0) is 25.8. The van der Waals surface area contributed by atoms with Crippen LogP contribution in [0.4, 0.5) is 15.9 Å². The fraction of sp³-hybridized carbons (Fsp3) is 0.379. The Kier molecular flexibility index (Phi) is 5.79. The molecule has 2 atom stereocenters. The Balaban J connectivity index is 1.38. The Morgan fingerprint density at radius 2 is 2.00 bits per heavy atom. The second-order valence-corrected chi connectivity index (χ2v) is 10.6. The first-order valence-corrected chi connectivity index (χ1v) is 13.3. The number of nitrogens with zero attached hydrogens (tertiary/aromatic N) is 4. The number of nitrogens with one attached hydrogen (secondary N) is 1. The van der Waals surface area contributed by atoms with Crippen LogP contribution in [0.15, 0.2) is 48.7 Å². The lowest BCUT2D eigenvalue weighted by Crippen LogP contribution is -2.58. The molecule has 3 aliphatic heterocycles. The predicted molar refractivity (Wildman–Crippen MR) is 146 cm³/mol. The number of nitrogens with two attached hydrogens (primary N) is 1. The van der Waals surface area contributed by atoms with Gasteiger partial charge >= 0.3 is 0 Å². The van der Waals surface area contributed by atoms with Gasteiger partial charge in [0.1, 0.15) is 17.7 Å². The van der Waals surface area contributed by atoms with E-state index in [1.165, 1.54) is 0 Å². The number of piperidine rings is 1. The molecule has 3 fully saturated rings. The number of hydrogen-bond donors (Lipinski definition) is 2. The molecule has 0 unspecified atom stereocenters. The molecule has 2 aromatic heterocycles. The largest absolute Gasteiger partial charge is 0.384 e. The van der Waals surface area contributed by atoms with Crippen molar-refractivity contribution < 1.29 is 13.9 Å². The number of anilines is 2. The number of aryl methyl sites for hydroxylation is 1. The SMILES string of the molecule is Cc1cc(F)cc(-c2cnc3ccc(-c4cc(N)n(C5COC5)n4)cc3c2N2CC[C@H]3OCCN[C@@H]3C2)c1. The van der Waals surface area contributed by atoms with Gasteiger partial charge < -0.3 is 25.4 Å². The summed E-state index contributed by atoms with van der Waals surface area (Å²) in [6.07, 6.45) is 3.02. The van der Waals surface area contributed by atoms with Crippen molar-refractivity contribution in [1.29, 1.82) is 0 Å². The molecule has 196 valence electrons. The third kappa shape index (κ3) is 4.11. The maximum absolute atomic E-state index is 14.6. The van der Waals surface area contributed by atoms with Gasteiger partial charge in [-0.25, -0.2) is 9.07 Å². The number of fused-ring (bicyclic) bond motifs is 2. The van der Waals surface area contributed by atoms with Gasteiger partial charge in [-0.2, -0.15) is 5.10 Å². The third-order valence-corrected chi connectivity index (χ3v) is 7.93. The first-order chi connectivity index (χ1) is 18.5. The van der Waals surface area contributed by atoms with Gasteiger partial charge in [0.2, 0.25) is 0 Å². The van der Waals surface area contributed by atoms with Crippen LogP contribution in [0, 0.1) is 12.7 Å². The van der Waals surface area contributed by atoms with E-state index in [1.807, 2.05) is 42.1 Å². The maximum Gasteiger partial charge on any atom is 0.124 e. The second-order valence-electron chi connectivity index (χ2n) is 10.6. The van der Waals surface area contributed by atoms with Crippen molar-refractivity contribution >= 4 is 22.4 Å². The van der Waals surface area contributed by atoms with E-state index < -0.39 is 0 Å². The van der Waals surface area contributed by atoms with Crippen molar-refractivity contribution in [2.45, 2.75) is 31.5 Å². The van der Waals surface area contributed by atoms with Gasteiger partial charge in [0, 0.05) is 48.4 Å². The first kappa shape index (κ1) is 23.6. The summed E-state index contributed by atoms with van der Waals surface area (Å²) in [7, 11) is 0. The number of morpholine rings is 1. The van der Waals surface area contributed by atoms with Crippen LogP contribution < -0.4 is 16.0 Å². The standard InChI is InChI=1S/C29H31FN6O2/c1-17-8-19(10-20(30)9-17)23-13-33-24-3-2-18(25-12-28(31)36(34-25)21-15-37-16-21)11-22(24)29(23)35-6-4-27-26(14-35)32-5-7-38-27/h2-3,8-13,21,26-27,32H,4-7,14-16,31H2,1H3/t26-,27-/m1/s1. The molecule has 2 aromatic carbocycles. The van der Waals surface area contributed by atoms with Crippen LogP contribution in [0.5, 0.6) is 0 Å². The summed E-state index contributed by atoms with van der Waals surface area (Å²) >= 11 is 0. The summed E-state index contributed by atoms with van der Waals surface area (Å²) in [5.41, 5.74) is 12.7. The lowest BCUT2D eigenvalue weighted by molar-refractivity contribution is -0.0275. The van der Waals surface area contributed by atoms with E-state index in [9.17, 15) is 4.39 Å². The van der Waals surface area contributed by atoms with E-state index in [-0.39, 0.29) is 24.0 Å². The summed E-state index contributed by atoms with van der Waals surface area (Å²) in [6, 6.07) is 13.7. The minimum absolute atomic E-state index is 0.177. The van der Waals surface area contributed by atoms with Gasteiger partial charge in [0.25, 0.3) is 0 Å². The highest BCUT2D eigenvalue weighted by atomic mass is 19.1. The molecule has 38 heavy (non-hydrogen) atoms. The molecular weight excluding hydrogens is 483 g/mol. The molecule has 3 saturated heterocycles. The molecule has 0 amide bonds. The van der Waals surface area contributed by atoms with Crippen molar-refractivity contribution in [2.24, 2.45) is 0 Å². The van der Waals surface area contributed by atoms with Crippen molar-refractivity contribution in [2.75, 3.05) is 50.1 Å². The highest BCUT2D eigenvalue weighted by molar-refractivity contribution is 6.01. The van der Waals surface area contributed by atoms with Crippen LogP contribution >= 0.6 is 0 Å². The number of rotatable bonds is 4. The molecule has 3 aliphatic rings. The molecule has 0 radical (unpaired) electrons. The van der Waals surface area contributed by atoms with Gasteiger partial charge in [-0.3, -0.25) is 4.98 Å². The topological polar surface area (TPSA) is 90.5 Å². The summed E-state index contributed by atoms with van der Waals surface area (Å²) in [5, 5.41) is 9.46. The molecular formula is C29H31FN6O2. The molecule has 4 aromatic rings. The van der Waals surface area contributed by atoms with Crippen molar-refractivity contribution in [3.05, 3.63) is 60.0 Å². The summed E-state index contributed by atoms with van der Waals surface area (Å²) in [5.74, 6) is 0.378. The Bertz CT molecular complexity index is 1500. The minimum Gasteiger partial charge on any atom is -0.384 e. The number of benzene rings is 2. The van der Waals surface area contributed by atoms with Gasteiger partial charge in [-0.15, -0.1) is 0 Å². The average Bonchev–Trinajstić information content (AvgIpc) is 3.26. The molecule has 8 nitrogen and oxygen atoms in total. The van der Waals surface area contributed by atoms with Gasteiger partial charge in [-0.05, 0) is 48.7 Å². The van der Waals surface area contributed by atoms with Crippen LogP contribution in [0.3, 0.4) is 0 Å².